The van der Waals surface area contributed by atoms with Crippen molar-refractivity contribution in [2.24, 2.45) is 5.73 Å². The fourth-order valence-corrected chi connectivity index (χ4v) is 5.15. The molecule has 2 aromatic carbocycles. The number of primary amides is 1. The number of phenolic OH excluding ortho intramolecular Hbond substituents is 2. The first kappa shape index (κ1) is 37.0. The lowest BCUT2D eigenvalue weighted by Gasteiger charge is -2.38. The molecule has 1 aromatic heterocycles. The number of carboxylic acid groups (broad SMARTS) is 1. The highest BCUT2D eigenvalue weighted by Crippen LogP contribution is 2.23. The number of quaternary nitrogens is 1. The van der Waals surface area contributed by atoms with Crippen LogP contribution in [0.2, 0.25) is 0 Å². The number of rotatable bonds is 9. The predicted octanol–water partition coefficient (Wildman–Crippen LogP) is 3.42. The number of aromatic hydroxyl groups is 2. The lowest BCUT2D eigenvalue weighted by Crippen LogP contribution is -2.56. The van der Waals surface area contributed by atoms with Crippen molar-refractivity contribution >= 4 is 35.6 Å². The number of benzene rings is 2. The number of alkyl halides is 3. The number of amides is 3. The third-order valence-corrected chi connectivity index (χ3v) is 7.21. The minimum atomic E-state index is -5.08. The van der Waals surface area contributed by atoms with Crippen molar-refractivity contribution in [2.45, 2.75) is 44.9 Å². The lowest BCUT2D eigenvalue weighted by molar-refractivity contribution is -0.918. The fourth-order valence-electron chi connectivity index (χ4n) is 5.15. The van der Waals surface area contributed by atoms with E-state index in [0.29, 0.717) is 35.3 Å². The van der Waals surface area contributed by atoms with E-state index in [2.05, 4.69) is 17.3 Å². The fraction of sp³-hybridized carbons (Fsp3) is 0.355. The van der Waals surface area contributed by atoms with Gasteiger partial charge in [-0.1, -0.05) is 24.3 Å². The molecule has 0 spiro atoms. The third-order valence-electron chi connectivity index (χ3n) is 7.21. The van der Waals surface area contributed by atoms with Crippen LogP contribution in [-0.2, 0) is 27.3 Å². The summed E-state index contributed by atoms with van der Waals surface area (Å²) in [6.07, 6.45) is -2.62. The monoisotopic (exact) mass is 679 g/mol. The van der Waals surface area contributed by atoms with E-state index in [1.165, 1.54) is 16.7 Å². The SMILES string of the molecule is CCOC(=O)c1coc(NC(=O)/[N+](=C2/CCC[N+](C)(Cc3cccc(O)c3)C2)[C@@H](Cc2ccc(O)cc2)C(N)=O)n1.O=C(O)C(F)(F)F. The van der Waals surface area contributed by atoms with Gasteiger partial charge < -0.3 is 34.7 Å². The van der Waals surface area contributed by atoms with Crippen LogP contribution in [0.3, 0.4) is 0 Å². The zero-order valence-corrected chi connectivity index (χ0v) is 26.1. The van der Waals surface area contributed by atoms with E-state index in [0.717, 1.165) is 24.8 Å². The number of esters is 1. The van der Waals surface area contributed by atoms with Gasteiger partial charge in [-0.3, -0.25) is 4.79 Å². The number of halogens is 3. The summed E-state index contributed by atoms with van der Waals surface area (Å²) in [4.78, 5) is 51.6. The van der Waals surface area contributed by atoms with Crippen molar-refractivity contribution in [1.82, 2.24) is 4.98 Å². The van der Waals surface area contributed by atoms with Crippen LogP contribution in [0.25, 0.3) is 0 Å². The van der Waals surface area contributed by atoms with Crippen molar-refractivity contribution in [2.75, 3.05) is 32.1 Å². The van der Waals surface area contributed by atoms with Gasteiger partial charge in [0.25, 0.3) is 5.91 Å². The van der Waals surface area contributed by atoms with Crippen LogP contribution in [0.1, 0.15) is 41.4 Å². The highest BCUT2D eigenvalue weighted by molar-refractivity contribution is 5.93. The Hall–Kier alpha value is -5.45. The quantitative estimate of drug-likeness (QED) is 0.127. The molecule has 258 valence electrons. The molecule has 14 nitrogen and oxygen atoms in total. The standard InChI is InChI=1S/C29H33N5O7.C2HF3O2/c1-3-40-27(38)24-18-41-28(31-24)32-29(39)33(25(26(30)37)15-19-9-11-22(35)12-10-19)21-7-5-13-34(2,17-21)16-20-6-4-8-23(36)14-20;3-2(4,5)1(6)7/h4,6,8-12,14,18,25H,3,5,7,13,15-17H2,1-2H3,(H3-2,30,31,32,35,36,37,39);(H,6,7)/p+2/b33-21-;/t25-,34?;/m0./s1. The van der Waals surface area contributed by atoms with E-state index in [9.17, 15) is 37.8 Å². The number of carbonyl (C=O) groups excluding carboxylic acids is 3. The minimum Gasteiger partial charge on any atom is -0.508 e. The Kier molecular flexibility index (Phi) is 12.3. The van der Waals surface area contributed by atoms with Gasteiger partial charge >= 0.3 is 30.2 Å². The Morgan fingerprint density at radius 3 is 2.35 bits per heavy atom. The second kappa shape index (κ2) is 15.9. The molecule has 17 heteroatoms. The number of oxazole rings is 1. The number of piperidine rings is 1. The van der Waals surface area contributed by atoms with Crippen LogP contribution in [0.4, 0.5) is 24.0 Å². The van der Waals surface area contributed by atoms with Crippen LogP contribution in [-0.4, -0.2) is 97.9 Å². The topological polar surface area (TPSA) is 205 Å². The number of hydrogen-bond donors (Lipinski definition) is 5. The number of nitrogens with one attached hydrogen (secondary N) is 1. The molecule has 48 heavy (non-hydrogen) atoms. The largest absolute Gasteiger partial charge is 0.508 e. The molecule has 0 aliphatic carbocycles. The van der Waals surface area contributed by atoms with Crippen LogP contribution in [0.15, 0.2) is 59.2 Å². The number of urea groups is 1. The summed E-state index contributed by atoms with van der Waals surface area (Å²) in [5, 5.41) is 29.3. The number of carbonyl (C=O) groups is 4. The summed E-state index contributed by atoms with van der Waals surface area (Å²) in [5.41, 5.74) is 8.10. The molecule has 4 rings (SSSR count). The average Bonchev–Trinajstić information content (AvgIpc) is 3.46. The highest BCUT2D eigenvalue weighted by Gasteiger charge is 2.40. The zero-order valence-electron chi connectivity index (χ0n) is 26.1. The molecule has 3 aromatic rings. The third kappa shape index (κ3) is 10.5. The maximum absolute atomic E-state index is 13.8. The van der Waals surface area contributed by atoms with E-state index < -0.39 is 36.1 Å². The first-order valence-electron chi connectivity index (χ1n) is 14.6. The molecular weight excluding hydrogens is 643 g/mol. The number of phenols is 2. The summed E-state index contributed by atoms with van der Waals surface area (Å²) in [6, 6.07) is 11.4. The molecule has 2 atom stereocenters. The normalized spacial score (nSPS) is 17.7. The Morgan fingerprint density at radius 2 is 1.77 bits per heavy atom. The van der Waals surface area contributed by atoms with Gasteiger partial charge in [-0.25, -0.2) is 9.59 Å². The molecule has 0 bridgehead atoms. The van der Waals surface area contributed by atoms with Crippen molar-refractivity contribution < 1.29 is 65.9 Å². The Balaban J connectivity index is 0.000000804. The molecule has 6 N–H and O–H groups in total. The van der Waals surface area contributed by atoms with Gasteiger partial charge in [0, 0.05) is 24.8 Å². The number of aliphatic carboxylic acids is 1. The molecule has 2 heterocycles. The molecule has 1 aliphatic heterocycles. The highest BCUT2D eigenvalue weighted by atomic mass is 19.4. The minimum absolute atomic E-state index is 0.0712. The molecule has 3 amide bonds. The smallest absolute Gasteiger partial charge is 0.500 e. The van der Waals surface area contributed by atoms with E-state index in [1.807, 2.05) is 6.07 Å². The van der Waals surface area contributed by atoms with Crippen molar-refractivity contribution in [3.05, 3.63) is 71.6 Å². The second-order valence-electron chi connectivity index (χ2n) is 11.1. The van der Waals surface area contributed by atoms with E-state index in [4.69, 9.17) is 24.8 Å². The van der Waals surface area contributed by atoms with Crippen LogP contribution >= 0.6 is 0 Å². The molecular formula is C31H36F3N5O9+2. The van der Waals surface area contributed by atoms with Crippen molar-refractivity contribution in [3.8, 4) is 11.5 Å². The molecule has 1 unspecified atom stereocenters. The molecule has 0 saturated carbocycles. The number of ether oxygens (including phenoxy) is 1. The summed E-state index contributed by atoms with van der Waals surface area (Å²) < 4.78 is 43.8. The summed E-state index contributed by atoms with van der Waals surface area (Å²) >= 11 is 0. The number of anilines is 1. The number of nitrogens with zero attached hydrogens (tertiary/aromatic N) is 3. The maximum atomic E-state index is 13.8. The van der Waals surface area contributed by atoms with E-state index in [1.54, 1.807) is 37.3 Å². The van der Waals surface area contributed by atoms with Crippen LogP contribution in [0, 0.1) is 0 Å². The van der Waals surface area contributed by atoms with Gasteiger partial charge in [0.1, 0.15) is 36.6 Å². The zero-order chi connectivity index (χ0) is 35.6. The number of nitrogens with two attached hydrogens (primary N) is 1. The first-order chi connectivity index (χ1) is 22.5. The Bertz CT molecular complexity index is 1660. The lowest BCUT2D eigenvalue weighted by atomic mass is 10.0. The number of hydrogen-bond acceptors (Lipinski definition) is 9. The summed E-state index contributed by atoms with van der Waals surface area (Å²) in [6.45, 7) is 3.65. The average molecular weight is 680 g/mol. The van der Waals surface area contributed by atoms with Crippen molar-refractivity contribution in [1.29, 1.82) is 0 Å². The molecule has 0 radical (unpaired) electrons. The van der Waals surface area contributed by atoms with E-state index >= 15 is 0 Å². The van der Waals surface area contributed by atoms with Gasteiger partial charge in [0.2, 0.25) is 0 Å². The summed E-state index contributed by atoms with van der Waals surface area (Å²) in [7, 11) is 2.05. The second-order valence-corrected chi connectivity index (χ2v) is 11.1. The van der Waals surface area contributed by atoms with E-state index in [-0.39, 0.29) is 36.2 Å². The molecule has 1 saturated heterocycles. The summed E-state index contributed by atoms with van der Waals surface area (Å²) in [5.74, 6) is -3.92. The first-order valence-corrected chi connectivity index (χ1v) is 14.6. The van der Waals surface area contributed by atoms with Gasteiger partial charge in [0.15, 0.2) is 11.7 Å². The van der Waals surface area contributed by atoms with Gasteiger partial charge in [-0.05, 0) is 36.8 Å². The van der Waals surface area contributed by atoms with Crippen molar-refractivity contribution in [3.63, 3.8) is 0 Å². The predicted molar refractivity (Wildman–Crippen MR) is 162 cm³/mol. The Morgan fingerprint density at radius 1 is 1.10 bits per heavy atom. The van der Waals surface area contributed by atoms with Gasteiger partial charge in [-0.15, -0.1) is 0 Å². The Labute approximate surface area is 272 Å². The molecule has 1 fully saturated rings. The van der Waals surface area contributed by atoms with Gasteiger partial charge in [0.05, 0.1) is 20.2 Å². The molecule has 1 aliphatic rings. The number of carboxylic acids is 1. The van der Waals surface area contributed by atoms with Crippen LogP contribution < -0.4 is 11.1 Å². The van der Waals surface area contributed by atoms with Gasteiger partial charge in [-0.2, -0.15) is 32.8 Å². The van der Waals surface area contributed by atoms with Crippen LogP contribution in [0.5, 0.6) is 11.5 Å². The maximum Gasteiger partial charge on any atom is 0.500 e. The number of likely N-dealkylation sites (tertiary alicyclic amines) is 1. The number of aromatic nitrogens is 1.